The second kappa shape index (κ2) is 2.49. The van der Waals surface area contributed by atoms with Crippen LogP contribution in [-0.2, 0) is 4.74 Å². The molecule has 0 aliphatic heterocycles. The number of carbonyl (C=O) groups excluding carboxylic acids is 1. The maximum absolute atomic E-state index is 10.2. The molecule has 0 radical (unpaired) electrons. The number of carbonyl (C=O) groups is 1. The number of rotatable bonds is 0. The van der Waals surface area contributed by atoms with E-state index in [1.807, 2.05) is 20.8 Å². The van der Waals surface area contributed by atoms with Crippen molar-refractivity contribution in [1.29, 1.82) is 0 Å². The Hall–Kier alpha value is -0.0500. The van der Waals surface area contributed by atoms with Gasteiger partial charge in [0.1, 0.15) is 5.60 Å². The van der Waals surface area contributed by atoms with Crippen molar-refractivity contribution in [3.8, 4) is 0 Å². The van der Waals surface area contributed by atoms with Crippen molar-refractivity contribution in [2.75, 3.05) is 0 Å². The van der Waals surface area contributed by atoms with Gasteiger partial charge in [-0.3, -0.25) is 0 Å². The lowest BCUT2D eigenvalue weighted by Gasteiger charge is -2.16. The van der Waals surface area contributed by atoms with Crippen molar-refractivity contribution >= 4 is 20.8 Å². The van der Waals surface area contributed by atoms with Crippen molar-refractivity contribution in [3.05, 3.63) is 0 Å². The van der Waals surface area contributed by atoms with Crippen LogP contribution in [0.15, 0.2) is 0 Å². The summed E-state index contributed by atoms with van der Waals surface area (Å²) in [5.74, 6) is 0. The third-order valence-corrected chi connectivity index (χ3v) is 0.548. The molecule has 0 aliphatic carbocycles. The second-order valence-electron chi connectivity index (χ2n) is 2.45. The summed E-state index contributed by atoms with van der Waals surface area (Å²) in [6.45, 7) is 5.44. The molecule has 0 amide bonds. The first-order valence-corrected chi connectivity index (χ1v) is 3.09. The summed E-state index contributed by atoms with van der Waals surface area (Å²) in [6, 6.07) is 0. The Morgan fingerprint density at radius 2 is 1.88 bits per heavy atom. The Morgan fingerprint density at radius 3 is 1.88 bits per heavy atom. The van der Waals surface area contributed by atoms with Gasteiger partial charge in [-0.1, -0.05) is 0 Å². The van der Waals surface area contributed by atoms with E-state index in [9.17, 15) is 4.79 Å². The van der Waals surface area contributed by atoms with Crippen LogP contribution in [0.2, 0.25) is 0 Å². The quantitative estimate of drug-likeness (QED) is 0.536. The normalized spacial score (nSPS) is 11.0. The highest BCUT2D eigenvalue weighted by Gasteiger charge is 2.12. The highest BCUT2D eigenvalue weighted by Crippen LogP contribution is 2.09. The SMILES string of the molecule is CC(C)(C)OC(=O)Br. The van der Waals surface area contributed by atoms with E-state index >= 15 is 0 Å². The highest BCUT2D eigenvalue weighted by atomic mass is 79.9. The Kier molecular flexibility index (Phi) is 2.47. The molecule has 8 heavy (non-hydrogen) atoms. The molecular formula is C5H9BrO2. The van der Waals surface area contributed by atoms with Crippen molar-refractivity contribution in [2.45, 2.75) is 26.4 Å². The summed E-state index contributed by atoms with van der Waals surface area (Å²) in [5, 5.41) is 0. The van der Waals surface area contributed by atoms with Gasteiger partial charge in [0.05, 0.1) is 0 Å². The van der Waals surface area contributed by atoms with Crippen LogP contribution >= 0.6 is 15.9 Å². The average Bonchev–Trinajstić information content (AvgIpc) is 1.21. The maximum atomic E-state index is 10.2. The van der Waals surface area contributed by atoms with Gasteiger partial charge < -0.3 is 4.74 Å². The van der Waals surface area contributed by atoms with Gasteiger partial charge in [-0.05, 0) is 20.8 Å². The zero-order valence-electron chi connectivity index (χ0n) is 5.19. The number of hydrogen-bond donors (Lipinski definition) is 0. The minimum atomic E-state index is -0.412. The first-order chi connectivity index (χ1) is 3.42. The van der Waals surface area contributed by atoms with Crippen LogP contribution in [0.5, 0.6) is 0 Å². The monoisotopic (exact) mass is 180 g/mol. The summed E-state index contributed by atoms with van der Waals surface area (Å²) in [7, 11) is 0. The molecule has 0 aromatic carbocycles. The molecule has 0 N–H and O–H groups in total. The van der Waals surface area contributed by atoms with Crippen molar-refractivity contribution < 1.29 is 9.53 Å². The molecule has 2 nitrogen and oxygen atoms in total. The summed E-state index contributed by atoms with van der Waals surface area (Å²) in [6.07, 6.45) is 0. The van der Waals surface area contributed by atoms with Gasteiger partial charge in [0.2, 0.25) is 0 Å². The van der Waals surface area contributed by atoms with E-state index in [4.69, 9.17) is 4.74 Å². The van der Waals surface area contributed by atoms with Crippen LogP contribution in [0.3, 0.4) is 0 Å². The van der Waals surface area contributed by atoms with E-state index in [1.165, 1.54) is 0 Å². The van der Waals surface area contributed by atoms with Gasteiger partial charge in [0, 0.05) is 15.9 Å². The van der Waals surface area contributed by atoms with Crippen LogP contribution in [0.1, 0.15) is 20.8 Å². The molecule has 0 heterocycles. The molecule has 0 aromatic heterocycles. The lowest BCUT2D eigenvalue weighted by Crippen LogP contribution is -2.19. The Morgan fingerprint density at radius 1 is 1.50 bits per heavy atom. The standard InChI is InChI=1S/C5H9BrO2/c1-5(2,3)8-4(6)7/h1-3H3. The van der Waals surface area contributed by atoms with Crippen LogP contribution < -0.4 is 0 Å². The first-order valence-electron chi connectivity index (χ1n) is 2.30. The molecule has 0 spiro atoms. The lowest BCUT2D eigenvalue weighted by molar-refractivity contribution is 0.0750. The van der Waals surface area contributed by atoms with E-state index in [1.54, 1.807) is 0 Å². The molecule has 0 bridgehead atoms. The zero-order valence-corrected chi connectivity index (χ0v) is 6.78. The second-order valence-corrected chi connectivity index (χ2v) is 3.10. The lowest BCUT2D eigenvalue weighted by atomic mass is 10.2. The summed E-state index contributed by atoms with van der Waals surface area (Å²) in [4.78, 5) is 9.74. The van der Waals surface area contributed by atoms with Gasteiger partial charge in [-0.25, -0.2) is 4.79 Å². The van der Waals surface area contributed by atoms with Gasteiger partial charge in [-0.2, -0.15) is 0 Å². The van der Waals surface area contributed by atoms with Crippen LogP contribution in [0.25, 0.3) is 0 Å². The van der Waals surface area contributed by atoms with Crippen molar-refractivity contribution in [3.63, 3.8) is 0 Å². The predicted octanol–water partition coefficient (Wildman–Crippen LogP) is 2.32. The zero-order chi connectivity index (χ0) is 6.78. The molecular weight excluding hydrogens is 172 g/mol. The average molecular weight is 181 g/mol. The van der Waals surface area contributed by atoms with Crippen LogP contribution in [0, 0.1) is 0 Å². The third kappa shape index (κ3) is 5.95. The van der Waals surface area contributed by atoms with Crippen LogP contribution in [0.4, 0.5) is 4.79 Å². The van der Waals surface area contributed by atoms with E-state index in [0.29, 0.717) is 0 Å². The molecule has 0 fully saturated rings. The molecule has 3 heteroatoms. The maximum Gasteiger partial charge on any atom is 0.375 e. The summed E-state index contributed by atoms with van der Waals surface area (Å²) >= 11 is 2.65. The summed E-state index contributed by atoms with van der Waals surface area (Å²) < 4.78 is 4.72. The Bertz CT molecular complexity index is 93.1. The van der Waals surface area contributed by atoms with Gasteiger partial charge in [0.25, 0.3) is 0 Å². The fraction of sp³-hybridized carbons (Fsp3) is 0.800. The van der Waals surface area contributed by atoms with Gasteiger partial charge >= 0.3 is 4.88 Å². The molecule has 0 rings (SSSR count). The molecule has 0 saturated carbocycles. The highest BCUT2D eigenvalue weighted by molar-refractivity contribution is 9.18. The minimum Gasteiger partial charge on any atom is -0.452 e. The smallest absolute Gasteiger partial charge is 0.375 e. The van der Waals surface area contributed by atoms with Gasteiger partial charge in [0.15, 0.2) is 0 Å². The van der Waals surface area contributed by atoms with E-state index in [-0.39, 0.29) is 5.60 Å². The molecule has 0 aliphatic rings. The van der Waals surface area contributed by atoms with Crippen molar-refractivity contribution in [1.82, 2.24) is 0 Å². The molecule has 0 unspecified atom stereocenters. The van der Waals surface area contributed by atoms with E-state index in [0.717, 1.165) is 0 Å². The Labute approximate surface area is 57.3 Å². The fourth-order valence-corrected chi connectivity index (χ4v) is 0.726. The van der Waals surface area contributed by atoms with E-state index < -0.39 is 4.88 Å². The molecule has 0 saturated heterocycles. The predicted molar refractivity (Wildman–Crippen MR) is 35.2 cm³/mol. The van der Waals surface area contributed by atoms with Crippen molar-refractivity contribution in [2.24, 2.45) is 0 Å². The number of ether oxygens (including phenoxy) is 1. The fourth-order valence-electron chi connectivity index (χ4n) is 0.241. The largest absolute Gasteiger partial charge is 0.452 e. The molecule has 48 valence electrons. The van der Waals surface area contributed by atoms with Gasteiger partial charge in [-0.15, -0.1) is 0 Å². The molecule has 0 aromatic rings. The first kappa shape index (κ1) is 7.95. The van der Waals surface area contributed by atoms with Crippen LogP contribution in [-0.4, -0.2) is 10.5 Å². The number of halogens is 1. The topological polar surface area (TPSA) is 26.3 Å². The number of hydrogen-bond acceptors (Lipinski definition) is 2. The molecule has 0 atom stereocenters. The minimum absolute atomic E-state index is 0.374. The van der Waals surface area contributed by atoms with E-state index in [2.05, 4.69) is 15.9 Å². The Balaban J connectivity index is 3.55. The summed E-state index contributed by atoms with van der Waals surface area (Å²) in [5.41, 5.74) is -0.374. The third-order valence-electron chi connectivity index (χ3n) is 0.386.